The first-order valence-electron chi connectivity index (χ1n) is 12.5. The van der Waals surface area contributed by atoms with Gasteiger partial charge in [-0.2, -0.15) is 0 Å². The normalized spacial score (nSPS) is 21.1. The molecule has 5 rings (SSSR count). The number of hydrogen-bond acceptors (Lipinski definition) is 5. The molecule has 1 unspecified atom stereocenters. The van der Waals surface area contributed by atoms with Gasteiger partial charge in [-0.3, -0.25) is 14.2 Å². The van der Waals surface area contributed by atoms with Crippen LogP contribution in [0, 0.1) is 0 Å². The molecule has 2 aliphatic carbocycles. The van der Waals surface area contributed by atoms with E-state index in [0.29, 0.717) is 37.4 Å². The molecule has 0 saturated heterocycles. The zero-order valence-electron chi connectivity index (χ0n) is 19.2. The largest absolute Gasteiger partial charge is 0.326 e. The maximum atomic E-state index is 13.8. The summed E-state index contributed by atoms with van der Waals surface area (Å²) in [6, 6.07) is 10.4. The molecule has 3 aliphatic rings. The number of thiol groups is 1. The number of amides is 1. The minimum atomic E-state index is -0.515. The Bertz CT molecular complexity index is 1040. The summed E-state index contributed by atoms with van der Waals surface area (Å²) in [4.78, 5) is 33.6. The van der Waals surface area contributed by atoms with E-state index in [0.717, 1.165) is 43.7 Å². The highest BCUT2D eigenvalue weighted by Gasteiger charge is 2.36. The fourth-order valence-electron chi connectivity index (χ4n) is 5.46. The summed E-state index contributed by atoms with van der Waals surface area (Å²) >= 11 is 4.79. The highest BCUT2D eigenvalue weighted by Crippen LogP contribution is 2.40. The molecule has 176 valence electrons. The number of carbonyl (C=O) groups is 1. The molecule has 1 aliphatic heterocycles. The predicted octanol–water partition coefficient (Wildman–Crippen LogP) is 4.12. The highest BCUT2D eigenvalue weighted by molar-refractivity contribution is 7.80. The zero-order valence-corrected chi connectivity index (χ0v) is 20.1. The van der Waals surface area contributed by atoms with Crippen molar-refractivity contribution in [2.24, 2.45) is 0 Å². The van der Waals surface area contributed by atoms with Gasteiger partial charge in [0.05, 0.1) is 11.3 Å². The van der Waals surface area contributed by atoms with Crippen LogP contribution in [0.15, 0.2) is 35.1 Å². The van der Waals surface area contributed by atoms with Crippen LogP contribution in [0.1, 0.15) is 91.3 Å². The van der Waals surface area contributed by atoms with Gasteiger partial charge in [0.1, 0.15) is 11.2 Å². The first-order chi connectivity index (χ1) is 16.1. The Hall–Kier alpha value is -2.12. The van der Waals surface area contributed by atoms with Crippen LogP contribution in [0.25, 0.3) is 0 Å². The van der Waals surface area contributed by atoms with Crippen LogP contribution in [0.3, 0.4) is 0 Å². The molecule has 6 nitrogen and oxygen atoms in total. The lowest BCUT2D eigenvalue weighted by Crippen LogP contribution is -2.45. The summed E-state index contributed by atoms with van der Waals surface area (Å²) in [7, 11) is 0. The Morgan fingerprint density at radius 2 is 1.85 bits per heavy atom. The van der Waals surface area contributed by atoms with E-state index in [1.807, 2.05) is 22.8 Å². The number of nitrogens with one attached hydrogen (secondary N) is 1. The lowest BCUT2D eigenvalue weighted by atomic mass is 9.84. The Morgan fingerprint density at radius 3 is 2.55 bits per heavy atom. The van der Waals surface area contributed by atoms with E-state index in [-0.39, 0.29) is 17.5 Å². The molecule has 1 aromatic carbocycles. The fraction of sp³-hybridized carbons (Fsp3) is 0.577. The Balaban J connectivity index is 1.31. The lowest BCUT2D eigenvalue weighted by molar-refractivity contribution is -0.132. The van der Waals surface area contributed by atoms with Gasteiger partial charge in [0.15, 0.2) is 0 Å². The van der Waals surface area contributed by atoms with Gasteiger partial charge in [-0.15, -0.1) is 12.6 Å². The third-order valence-electron chi connectivity index (χ3n) is 7.57. The average Bonchev–Trinajstić information content (AvgIpc) is 3.30. The standard InChI is InChI=1S/C26H34N4O2S/c31-22(13-15-27-17-18-7-2-1-3-8-18)29-16-14-21-23(26(29)33)25(32)30(20-11-4-5-12-20)24(28-21)19-9-6-10-19/h1-3,7-8,19-20,26-27,33H,4-6,9-17H2. The molecule has 0 radical (unpaired) electrons. The van der Waals surface area contributed by atoms with Gasteiger partial charge in [-0.05, 0) is 31.2 Å². The smallest absolute Gasteiger partial charge is 0.260 e. The fourth-order valence-corrected chi connectivity index (χ4v) is 5.97. The maximum Gasteiger partial charge on any atom is 0.260 e. The summed E-state index contributed by atoms with van der Waals surface area (Å²) in [5.74, 6) is 1.45. The second-order valence-corrected chi connectivity index (χ2v) is 10.2. The second kappa shape index (κ2) is 10.0. The van der Waals surface area contributed by atoms with Crippen molar-refractivity contribution in [3.63, 3.8) is 0 Å². The summed E-state index contributed by atoms with van der Waals surface area (Å²) < 4.78 is 2.01. The van der Waals surface area contributed by atoms with Gasteiger partial charge in [0, 0.05) is 44.4 Å². The molecule has 7 heteroatoms. The topological polar surface area (TPSA) is 67.2 Å². The van der Waals surface area contributed by atoms with Crippen molar-refractivity contribution < 1.29 is 4.79 Å². The molecule has 1 atom stereocenters. The Morgan fingerprint density at radius 1 is 1.09 bits per heavy atom. The molecule has 0 spiro atoms. The van der Waals surface area contributed by atoms with Gasteiger partial charge >= 0.3 is 0 Å². The number of rotatable bonds is 7. The van der Waals surface area contributed by atoms with E-state index in [1.54, 1.807) is 4.90 Å². The molecule has 1 aromatic heterocycles. The van der Waals surface area contributed by atoms with Crippen molar-refractivity contribution >= 4 is 18.5 Å². The minimum absolute atomic E-state index is 0.0381. The zero-order chi connectivity index (χ0) is 22.8. The molecule has 2 heterocycles. The number of hydrogen-bond donors (Lipinski definition) is 2. The number of nitrogens with zero attached hydrogens (tertiary/aromatic N) is 3. The Labute approximate surface area is 201 Å². The molecule has 2 saturated carbocycles. The molecular formula is C26H34N4O2S. The van der Waals surface area contributed by atoms with Crippen LogP contribution in [0.5, 0.6) is 0 Å². The summed E-state index contributed by atoms with van der Waals surface area (Å²) in [5, 5.41) is 2.83. The molecule has 33 heavy (non-hydrogen) atoms. The molecule has 2 aromatic rings. The molecule has 2 fully saturated rings. The number of fused-ring (bicyclic) bond motifs is 1. The molecule has 0 bridgehead atoms. The minimum Gasteiger partial charge on any atom is -0.326 e. The van der Waals surface area contributed by atoms with E-state index in [9.17, 15) is 9.59 Å². The summed E-state index contributed by atoms with van der Waals surface area (Å²) in [6.45, 7) is 1.91. The first kappa shape index (κ1) is 22.7. The summed E-state index contributed by atoms with van der Waals surface area (Å²) in [6.07, 6.45) is 8.94. The highest BCUT2D eigenvalue weighted by atomic mass is 32.1. The van der Waals surface area contributed by atoms with Crippen molar-refractivity contribution in [2.45, 2.75) is 81.7 Å². The van der Waals surface area contributed by atoms with E-state index in [1.165, 1.54) is 24.8 Å². The predicted molar refractivity (Wildman–Crippen MR) is 133 cm³/mol. The van der Waals surface area contributed by atoms with Gasteiger partial charge in [-0.1, -0.05) is 49.6 Å². The quantitative estimate of drug-likeness (QED) is 0.476. The van der Waals surface area contributed by atoms with Crippen LogP contribution in [0.2, 0.25) is 0 Å². The van der Waals surface area contributed by atoms with Crippen LogP contribution in [0.4, 0.5) is 0 Å². The van der Waals surface area contributed by atoms with E-state index >= 15 is 0 Å². The molecular weight excluding hydrogens is 432 g/mol. The van der Waals surface area contributed by atoms with E-state index in [2.05, 4.69) is 17.4 Å². The van der Waals surface area contributed by atoms with Crippen molar-refractivity contribution in [3.8, 4) is 0 Å². The van der Waals surface area contributed by atoms with Crippen LogP contribution >= 0.6 is 12.6 Å². The molecule has 1 N–H and O–H groups in total. The second-order valence-electron chi connectivity index (χ2n) is 9.69. The van der Waals surface area contributed by atoms with Crippen molar-refractivity contribution in [2.75, 3.05) is 13.1 Å². The van der Waals surface area contributed by atoms with Gasteiger partial charge < -0.3 is 10.2 Å². The van der Waals surface area contributed by atoms with Gasteiger partial charge in [0.2, 0.25) is 5.91 Å². The third kappa shape index (κ3) is 4.62. The van der Waals surface area contributed by atoms with Crippen molar-refractivity contribution in [1.29, 1.82) is 0 Å². The third-order valence-corrected chi connectivity index (χ3v) is 8.10. The monoisotopic (exact) mass is 466 g/mol. The van der Waals surface area contributed by atoms with Gasteiger partial charge in [-0.25, -0.2) is 4.98 Å². The molecule has 1 amide bonds. The maximum absolute atomic E-state index is 13.8. The summed E-state index contributed by atoms with van der Waals surface area (Å²) in [5.41, 5.74) is 2.74. The van der Waals surface area contributed by atoms with E-state index in [4.69, 9.17) is 17.6 Å². The van der Waals surface area contributed by atoms with Gasteiger partial charge in [0.25, 0.3) is 5.56 Å². The Kier molecular flexibility index (Phi) is 6.88. The van der Waals surface area contributed by atoms with Crippen LogP contribution < -0.4 is 10.9 Å². The number of benzene rings is 1. The van der Waals surface area contributed by atoms with Crippen LogP contribution in [-0.4, -0.2) is 33.4 Å². The van der Waals surface area contributed by atoms with Crippen LogP contribution in [-0.2, 0) is 17.8 Å². The lowest BCUT2D eigenvalue weighted by Gasteiger charge is -2.36. The van der Waals surface area contributed by atoms with Crippen molar-refractivity contribution in [3.05, 3.63) is 63.3 Å². The first-order valence-corrected chi connectivity index (χ1v) is 13.0. The van der Waals surface area contributed by atoms with Crippen molar-refractivity contribution in [1.82, 2.24) is 19.8 Å². The number of aromatic nitrogens is 2. The van der Waals surface area contributed by atoms with E-state index < -0.39 is 5.37 Å². The number of carbonyl (C=O) groups excluding carboxylic acids is 1. The SMILES string of the molecule is O=C(CCNCc1ccccc1)N1CCc2nc(C3CCC3)n(C3CCCC3)c(=O)c2C1S. The average molecular weight is 467 g/mol.